The SMILES string of the molecule is CCCCN(c1ccc(C)c([N+](=O)[O-])c1)c1nccc(N2CC[C@H](NC)C2)n1. The van der Waals surface area contributed by atoms with Crippen LogP contribution in [0.1, 0.15) is 31.7 Å². The molecule has 1 aromatic carbocycles. The Hall–Kier alpha value is -2.74. The number of hydrogen-bond acceptors (Lipinski definition) is 7. The fraction of sp³-hybridized carbons (Fsp3) is 0.500. The first kappa shape index (κ1) is 20.0. The first-order valence-electron chi connectivity index (χ1n) is 9.81. The number of nitro groups is 1. The molecule has 1 fully saturated rings. The number of aromatic nitrogens is 2. The number of unbranched alkanes of at least 4 members (excludes halogenated alkanes) is 1. The average Bonchev–Trinajstić information content (AvgIpc) is 3.19. The summed E-state index contributed by atoms with van der Waals surface area (Å²) in [5, 5.41) is 14.7. The number of nitro benzene ring substituents is 1. The zero-order valence-corrected chi connectivity index (χ0v) is 16.8. The number of aryl methyl sites for hydroxylation is 1. The van der Waals surface area contributed by atoms with Gasteiger partial charge in [0.25, 0.3) is 5.69 Å². The van der Waals surface area contributed by atoms with E-state index in [1.807, 2.05) is 24.1 Å². The molecule has 0 spiro atoms. The molecule has 150 valence electrons. The van der Waals surface area contributed by atoms with Crippen molar-refractivity contribution < 1.29 is 4.92 Å². The summed E-state index contributed by atoms with van der Waals surface area (Å²) in [5.41, 5.74) is 1.51. The highest BCUT2D eigenvalue weighted by Crippen LogP contribution is 2.30. The summed E-state index contributed by atoms with van der Waals surface area (Å²) in [6.07, 6.45) is 4.81. The van der Waals surface area contributed by atoms with Crippen molar-refractivity contribution in [3.63, 3.8) is 0 Å². The van der Waals surface area contributed by atoms with E-state index in [0.717, 1.165) is 43.9 Å². The number of anilines is 3. The molecule has 1 aliphatic rings. The molecule has 1 saturated heterocycles. The predicted molar refractivity (Wildman–Crippen MR) is 111 cm³/mol. The van der Waals surface area contributed by atoms with E-state index >= 15 is 0 Å². The minimum Gasteiger partial charge on any atom is -0.355 e. The lowest BCUT2D eigenvalue weighted by Crippen LogP contribution is -2.30. The van der Waals surface area contributed by atoms with E-state index in [1.54, 1.807) is 25.3 Å². The Kier molecular flexibility index (Phi) is 6.41. The number of likely N-dealkylation sites (N-methyl/N-ethyl adjacent to an activating group) is 1. The molecule has 1 atom stereocenters. The highest BCUT2D eigenvalue weighted by molar-refractivity contribution is 5.63. The summed E-state index contributed by atoms with van der Waals surface area (Å²) in [6, 6.07) is 7.70. The van der Waals surface area contributed by atoms with Crippen LogP contribution in [-0.4, -0.2) is 47.6 Å². The summed E-state index contributed by atoms with van der Waals surface area (Å²) in [5.74, 6) is 1.47. The number of benzene rings is 1. The van der Waals surface area contributed by atoms with Gasteiger partial charge < -0.3 is 15.1 Å². The Morgan fingerprint density at radius 3 is 2.89 bits per heavy atom. The minimum absolute atomic E-state index is 0.117. The van der Waals surface area contributed by atoms with Crippen LogP contribution in [0.2, 0.25) is 0 Å². The van der Waals surface area contributed by atoms with E-state index in [4.69, 9.17) is 4.98 Å². The first-order chi connectivity index (χ1) is 13.5. The number of hydrogen-bond donors (Lipinski definition) is 1. The molecule has 8 heteroatoms. The lowest BCUT2D eigenvalue weighted by molar-refractivity contribution is -0.385. The maximum atomic E-state index is 11.4. The number of nitrogens with zero attached hydrogens (tertiary/aromatic N) is 5. The van der Waals surface area contributed by atoms with Gasteiger partial charge in [0.1, 0.15) is 5.82 Å². The van der Waals surface area contributed by atoms with E-state index in [-0.39, 0.29) is 10.6 Å². The lowest BCUT2D eigenvalue weighted by Gasteiger charge is -2.25. The minimum atomic E-state index is -0.337. The average molecular weight is 384 g/mol. The normalized spacial score (nSPS) is 16.4. The van der Waals surface area contributed by atoms with E-state index in [1.165, 1.54) is 0 Å². The maximum Gasteiger partial charge on any atom is 0.274 e. The van der Waals surface area contributed by atoms with Crippen molar-refractivity contribution in [2.24, 2.45) is 0 Å². The summed E-state index contributed by atoms with van der Waals surface area (Å²) in [7, 11) is 1.98. The summed E-state index contributed by atoms with van der Waals surface area (Å²) >= 11 is 0. The molecule has 28 heavy (non-hydrogen) atoms. The van der Waals surface area contributed by atoms with Gasteiger partial charge in [-0.3, -0.25) is 10.1 Å². The Morgan fingerprint density at radius 1 is 1.39 bits per heavy atom. The molecule has 2 aromatic rings. The third-order valence-corrected chi connectivity index (χ3v) is 5.23. The standard InChI is InChI=1S/C20H28N6O2/c1-4-5-11-25(17-7-6-15(2)18(13-17)26(27)28)20-22-10-8-19(23-20)24-12-9-16(14-24)21-3/h6-8,10,13,16,21H,4-5,9,11-12,14H2,1-3H3/t16-/m0/s1. The van der Waals surface area contributed by atoms with E-state index in [0.29, 0.717) is 24.1 Å². The van der Waals surface area contributed by atoms with Gasteiger partial charge in [0, 0.05) is 43.5 Å². The van der Waals surface area contributed by atoms with Crippen LogP contribution < -0.4 is 15.1 Å². The van der Waals surface area contributed by atoms with Gasteiger partial charge in [-0.1, -0.05) is 19.4 Å². The van der Waals surface area contributed by atoms with Crippen LogP contribution in [-0.2, 0) is 0 Å². The van der Waals surface area contributed by atoms with E-state index in [2.05, 4.69) is 22.1 Å². The van der Waals surface area contributed by atoms with Crippen molar-refractivity contribution in [2.45, 2.75) is 39.2 Å². The zero-order chi connectivity index (χ0) is 20.1. The van der Waals surface area contributed by atoms with Crippen LogP contribution in [0.5, 0.6) is 0 Å². The Balaban J connectivity index is 1.93. The molecular weight excluding hydrogens is 356 g/mol. The highest BCUT2D eigenvalue weighted by Gasteiger charge is 2.23. The molecule has 1 N–H and O–H groups in total. The van der Waals surface area contributed by atoms with E-state index < -0.39 is 0 Å². The third-order valence-electron chi connectivity index (χ3n) is 5.23. The largest absolute Gasteiger partial charge is 0.355 e. The van der Waals surface area contributed by atoms with Crippen LogP contribution in [0.15, 0.2) is 30.5 Å². The topological polar surface area (TPSA) is 87.4 Å². The Bertz CT molecular complexity index is 828. The van der Waals surface area contributed by atoms with Gasteiger partial charge in [-0.05, 0) is 38.9 Å². The van der Waals surface area contributed by atoms with Crippen molar-refractivity contribution in [3.05, 3.63) is 46.1 Å². The van der Waals surface area contributed by atoms with Gasteiger partial charge in [-0.15, -0.1) is 0 Å². The molecule has 1 aromatic heterocycles. The molecule has 0 radical (unpaired) electrons. The fourth-order valence-corrected chi connectivity index (χ4v) is 3.47. The second-order valence-corrected chi connectivity index (χ2v) is 7.17. The fourth-order valence-electron chi connectivity index (χ4n) is 3.47. The molecule has 0 bridgehead atoms. The Labute approximate surface area is 165 Å². The zero-order valence-electron chi connectivity index (χ0n) is 16.8. The van der Waals surface area contributed by atoms with Gasteiger partial charge in [0.15, 0.2) is 0 Å². The van der Waals surface area contributed by atoms with Gasteiger partial charge in [0.05, 0.1) is 10.6 Å². The van der Waals surface area contributed by atoms with Crippen LogP contribution >= 0.6 is 0 Å². The van der Waals surface area contributed by atoms with Crippen molar-refractivity contribution >= 4 is 23.1 Å². The van der Waals surface area contributed by atoms with Gasteiger partial charge >= 0.3 is 0 Å². The maximum absolute atomic E-state index is 11.4. The molecule has 2 heterocycles. The summed E-state index contributed by atoms with van der Waals surface area (Å²) in [6.45, 7) is 6.44. The van der Waals surface area contributed by atoms with Crippen molar-refractivity contribution in [1.82, 2.24) is 15.3 Å². The second kappa shape index (κ2) is 8.97. The molecule has 8 nitrogen and oxygen atoms in total. The molecule has 0 unspecified atom stereocenters. The Morgan fingerprint density at radius 2 is 2.21 bits per heavy atom. The lowest BCUT2D eigenvalue weighted by atomic mass is 10.1. The quantitative estimate of drug-likeness (QED) is 0.551. The van der Waals surface area contributed by atoms with Gasteiger partial charge in [-0.2, -0.15) is 4.98 Å². The summed E-state index contributed by atoms with van der Waals surface area (Å²) in [4.78, 5) is 24.5. The highest BCUT2D eigenvalue weighted by atomic mass is 16.6. The van der Waals surface area contributed by atoms with Crippen molar-refractivity contribution in [3.8, 4) is 0 Å². The third kappa shape index (κ3) is 4.39. The van der Waals surface area contributed by atoms with Gasteiger partial charge in [0.2, 0.25) is 5.95 Å². The van der Waals surface area contributed by atoms with Crippen molar-refractivity contribution in [1.29, 1.82) is 0 Å². The first-order valence-corrected chi connectivity index (χ1v) is 9.81. The van der Waals surface area contributed by atoms with Crippen LogP contribution in [0, 0.1) is 17.0 Å². The van der Waals surface area contributed by atoms with Crippen LogP contribution in [0.4, 0.5) is 23.1 Å². The number of rotatable bonds is 8. The predicted octanol–water partition coefficient (Wildman–Crippen LogP) is 3.43. The number of nitrogens with one attached hydrogen (secondary N) is 1. The van der Waals surface area contributed by atoms with Crippen LogP contribution in [0.3, 0.4) is 0 Å². The van der Waals surface area contributed by atoms with Crippen LogP contribution in [0.25, 0.3) is 0 Å². The molecule has 3 rings (SSSR count). The molecule has 1 aliphatic heterocycles. The molecule has 0 saturated carbocycles. The monoisotopic (exact) mass is 384 g/mol. The van der Waals surface area contributed by atoms with Gasteiger partial charge in [-0.25, -0.2) is 4.98 Å². The summed E-state index contributed by atoms with van der Waals surface area (Å²) < 4.78 is 0. The molecular formula is C20H28N6O2. The molecule has 0 aliphatic carbocycles. The smallest absolute Gasteiger partial charge is 0.274 e. The van der Waals surface area contributed by atoms with E-state index in [9.17, 15) is 10.1 Å². The second-order valence-electron chi connectivity index (χ2n) is 7.17. The molecule has 0 amide bonds. The van der Waals surface area contributed by atoms with Crippen molar-refractivity contribution in [2.75, 3.05) is 36.5 Å².